The van der Waals surface area contributed by atoms with Crippen molar-refractivity contribution in [2.24, 2.45) is 11.8 Å². The minimum atomic E-state index is -0.656. The maximum absolute atomic E-state index is 13.5. The Balaban J connectivity index is 1.55. The minimum Gasteiger partial charge on any atom is -0.492 e. The summed E-state index contributed by atoms with van der Waals surface area (Å²) in [5.74, 6) is -0.0334. The molecule has 0 aromatic carbocycles. The highest BCUT2D eigenvalue weighted by molar-refractivity contribution is 5.82. The summed E-state index contributed by atoms with van der Waals surface area (Å²) in [6.07, 6.45) is 7.13. The Morgan fingerprint density at radius 1 is 0.955 bits per heavy atom. The summed E-state index contributed by atoms with van der Waals surface area (Å²) >= 11 is 0. The number of piperidine rings is 2. The molecule has 0 saturated carbocycles. The van der Waals surface area contributed by atoms with Gasteiger partial charge in [-0.15, -0.1) is 0 Å². The van der Waals surface area contributed by atoms with Crippen LogP contribution in [0.2, 0.25) is 0 Å². The number of hydrogen-bond acceptors (Lipinski definition) is 8. The molecule has 1 N–H and O–H groups in total. The highest BCUT2D eigenvalue weighted by Crippen LogP contribution is 2.27. The molecule has 11 heteroatoms. The zero-order valence-electron chi connectivity index (χ0n) is 27.6. The van der Waals surface area contributed by atoms with E-state index in [1.165, 1.54) is 0 Å². The van der Waals surface area contributed by atoms with E-state index in [9.17, 15) is 19.2 Å². The fourth-order valence-corrected chi connectivity index (χ4v) is 5.60. The molecule has 0 aliphatic carbocycles. The summed E-state index contributed by atoms with van der Waals surface area (Å²) in [6.45, 7) is 15.6. The molecule has 11 nitrogen and oxygen atoms in total. The number of nitrogens with zero attached hydrogens (tertiary/aromatic N) is 3. The third-order valence-electron chi connectivity index (χ3n) is 7.73. The molecule has 3 heterocycles. The van der Waals surface area contributed by atoms with Gasteiger partial charge >= 0.3 is 12.1 Å². The zero-order valence-corrected chi connectivity index (χ0v) is 27.6. The quantitative estimate of drug-likeness (QED) is 0.363. The lowest BCUT2D eigenvalue weighted by Crippen LogP contribution is -2.46. The number of likely N-dealkylation sites (tertiary alicyclic amines) is 2. The van der Waals surface area contributed by atoms with Crippen molar-refractivity contribution >= 4 is 23.9 Å². The number of hydrogen-bond donors (Lipinski definition) is 1. The summed E-state index contributed by atoms with van der Waals surface area (Å²) in [7, 11) is 0. The van der Waals surface area contributed by atoms with Crippen molar-refractivity contribution in [2.45, 2.75) is 111 Å². The molecule has 3 amide bonds. The Labute approximate surface area is 262 Å². The number of nitrogens with one attached hydrogen (secondary N) is 1. The third-order valence-corrected chi connectivity index (χ3v) is 7.73. The van der Waals surface area contributed by atoms with Crippen LogP contribution in [0.15, 0.2) is 18.5 Å². The number of ether oxygens (including phenoxy) is 3. The second-order valence-corrected chi connectivity index (χ2v) is 13.9. The average Bonchev–Trinajstić information content (AvgIpc) is 2.94. The molecule has 3 rings (SSSR count). The lowest BCUT2D eigenvalue weighted by atomic mass is 9.91. The number of rotatable bonds is 10. The lowest BCUT2D eigenvalue weighted by Gasteiger charge is -2.35. The van der Waals surface area contributed by atoms with Gasteiger partial charge in [-0.1, -0.05) is 0 Å². The predicted molar refractivity (Wildman–Crippen MR) is 166 cm³/mol. The van der Waals surface area contributed by atoms with Crippen LogP contribution in [0.3, 0.4) is 0 Å². The first-order valence-corrected chi connectivity index (χ1v) is 16.0. The molecule has 2 atom stereocenters. The number of pyridine rings is 1. The van der Waals surface area contributed by atoms with Crippen LogP contribution in [0.25, 0.3) is 0 Å². The summed E-state index contributed by atoms with van der Waals surface area (Å²) < 4.78 is 16.6. The van der Waals surface area contributed by atoms with Gasteiger partial charge in [-0.3, -0.25) is 19.4 Å². The van der Waals surface area contributed by atoms with Crippen molar-refractivity contribution in [3.8, 4) is 5.75 Å². The van der Waals surface area contributed by atoms with Crippen molar-refractivity contribution in [2.75, 3.05) is 32.8 Å². The fourth-order valence-electron chi connectivity index (χ4n) is 5.60. The number of carbonyl (C=O) groups excluding carboxylic acids is 4. The Hall–Kier alpha value is -3.37. The highest BCUT2D eigenvalue weighted by atomic mass is 16.6. The fraction of sp³-hybridized carbons (Fsp3) is 0.727. The Morgan fingerprint density at radius 2 is 1.64 bits per heavy atom. The van der Waals surface area contributed by atoms with E-state index in [1.807, 2.05) is 27.7 Å². The van der Waals surface area contributed by atoms with Crippen LogP contribution in [0.1, 0.15) is 105 Å². The van der Waals surface area contributed by atoms with Crippen LogP contribution < -0.4 is 10.1 Å². The molecular formula is C33H52N4O7. The summed E-state index contributed by atoms with van der Waals surface area (Å²) in [5, 5.41) is 3.04. The SMILES string of the molecule is CCOc1cncc([C@H](CC(=O)OC(C)(C)C)NC(=O)[C@@H]2CCCN(C(=O)CCC3CCN(C(=O)OC(C)(C)C)CC3)C2)c1. The molecule has 0 bridgehead atoms. The molecule has 0 radical (unpaired) electrons. The maximum atomic E-state index is 13.5. The second kappa shape index (κ2) is 15.6. The van der Waals surface area contributed by atoms with Crippen molar-refractivity contribution in [1.82, 2.24) is 20.1 Å². The number of esters is 1. The van der Waals surface area contributed by atoms with Crippen LogP contribution in [0.5, 0.6) is 5.75 Å². The van der Waals surface area contributed by atoms with E-state index in [1.54, 1.807) is 49.0 Å². The van der Waals surface area contributed by atoms with Crippen molar-refractivity contribution in [3.05, 3.63) is 24.0 Å². The van der Waals surface area contributed by atoms with Crippen molar-refractivity contribution < 1.29 is 33.4 Å². The monoisotopic (exact) mass is 616 g/mol. The van der Waals surface area contributed by atoms with Gasteiger partial charge < -0.3 is 29.3 Å². The van der Waals surface area contributed by atoms with Gasteiger partial charge in [0.25, 0.3) is 0 Å². The standard InChI is InChI=1S/C33H52N4O7/c1-8-42-26-18-25(20-34-21-26)27(19-29(39)43-32(2,3)4)35-30(40)24-10-9-15-37(22-24)28(38)12-11-23-13-16-36(17-14-23)31(41)44-33(5,6)7/h18,20-21,23-24,27H,8-17,19,22H2,1-7H3,(H,35,40)/t24-,27+/m1/s1. The molecule has 2 saturated heterocycles. The highest BCUT2D eigenvalue weighted by Gasteiger charge is 2.32. The predicted octanol–water partition coefficient (Wildman–Crippen LogP) is 5.04. The van der Waals surface area contributed by atoms with Crippen LogP contribution in [-0.4, -0.2) is 82.6 Å². The second-order valence-electron chi connectivity index (χ2n) is 13.9. The first-order valence-electron chi connectivity index (χ1n) is 16.0. The Morgan fingerprint density at radius 3 is 2.27 bits per heavy atom. The molecule has 2 fully saturated rings. The minimum absolute atomic E-state index is 0.0518. The zero-order chi connectivity index (χ0) is 32.5. The van der Waals surface area contributed by atoms with Gasteiger partial charge in [-0.2, -0.15) is 0 Å². The van der Waals surface area contributed by atoms with E-state index in [4.69, 9.17) is 14.2 Å². The first-order chi connectivity index (χ1) is 20.6. The maximum Gasteiger partial charge on any atom is 0.410 e. The number of carbonyl (C=O) groups is 4. The van der Waals surface area contributed by atoms with E-state index in [0.29, 0.717) is 62.9 Å². The van der Waals surface area contributed by atoms with Gasteiger partial charge in [0.2, 0.25) is 11.8 Å². The van der Waals surface area contributed by atoms with Crippen molar-refractivity contribution in [1.29, 1.82) is 0 Å². The lowest BCUT2D eigenvalue weighted by molar-refractivity contribution is -0.155. The summed E-state index contributed by atoms with van der Waals surface area (Å²) in [4.78, 5) is 59.6. The van der Waals surface area contributed by atoms with Crippen molar-refractivity contribution in [3.63, 3.8) is 0 Å². The van der Waals surface area contributed by atoms with Gasteiger partial charge in [0.15, 0.2) is 0 Å². The molecule has 2 aliphatic rings. The molecule has 246 valence electrons. The third kappa shape index (κ3) is 11.6. The molecule has 0 unspecified atom stereocenters. The van der Waals surface area contributed by atoms with Crippen LogP contribution in [0, 0.1) is 11.8 Å². The Bertz CT molecular complexity index is 1140. The van der Waals surface area contributed by atoms with Crippen LogP contribution >= 0.6 is 0 Å². The summed E-state index contributed by atoms with van der Waals surface area (Å²) in [5.41, 5.74) is -0.526. The average molecular weight is 617 g/mol. The molecular weight excluding hydrogens is 564 g/mol. The Kier molecular flexibility index (Phi) is 12.4. The van der Waals surface area contributed by atoms with E-state index < -0.39 is 23.2 Å². The van der Waals surface area contributed by atoms with Gasteiger partial charge in [0, 0.05) is 38.8 Å². The normalized spacial score (nSPS) is 18.8. The molecule has 1 aromatic rings. The molecule has 0 spiro atoms. The van der Waals surface area contributed by atoms with E-state index >= 15 is 0 Å². The van der Waals surface area contributed by atoms with Gasteiger partial charge in [-0.05, 0) is 98.1 Å². The summed E-state index contributed by atoms with van der Waals surface area (Å²) in [6, 6.07) is 1.13. The van der Waals surface area contributed by atoms with Gasteiger partial charge in [0.1, 0.15) is 17.0 Å². The van der Waals surface area contributed by atoms with Gasteiger partial charge in [0.05, 0.1) is 31.2 Å². The smallest absolute Gasteiger partial charge is 0.410 e. The number of aromatic nitrogens is 1. The van der Waals surface area contributed by atoms with E-state index in [-0.39, 0.29) is 30.2 Å². The molecule has 44 heavy (non-hydrogen) atoms. The topological polar surface area (TPSA) is 127 Å². The number of amides is 3. The van der Waals surface area contributed by atoms with Crippen LogP contribution in [0.4, 0.5) is 4.79 Å². The van der Waals surface area contributed by atoms with Crippen LogP contribution in [-0.2, 0) is 23.9 Å². The largest absolute Gasteiger partial charge is 0.492 e. The van der Waals surface area contributed by atoms with E-state index in [0.717, 1.165) is 25.7 Å². The van der Waals surface area contributed by atoms with Gasteiger partial charge in [-0.25, -0.2) is 4.79 Å². The first kappa shape index (κ1) is 35.1. The van der Waals surface area contributed by atoms with E-state index in [2.05, 4.69) is 10.3 Å². The molecule has 1 aromatic heterocycles. The molecule has 2 aliphatic heterocycles.